The van der Waals surface area contributed by atoms with E-state index in [0.29, 0.717) is 29.1 Å². The average molecular weight is 396 g/mol. The van der Waals surface area contributed by atoms with Crippen molar-refractivity contribution in [2.45, 2.75) is 50.2 Å². The van der Waals surface area contributed by atoms with Gasteiger partial charge in [0.05, 0.1) is 11.1 Å². The summed E-state index contributed by atoms with van der Waals surface area (Å²) in [6, 6.07) is 4.34. The maximum absolute atomic E-state index is 12.9. The fourth-order valence-corrected chi connectivity index (χ4v) is 4.95. The van der Waals surface area contributed by atoms with Crippen LogP contribution in [0.25, 0.3) is 0 Å². The van der Waals surface area contributed by atoms with E-state index in [4.69, 9.17) is 0 Å². The van der Waals surface area contributed by atoms with Gasteiger partial charge in [0.25, 0.3) is 11.8 Å². The average Bonchev–Trinajstić information content (AvgIpc) is 3.31. The second-order valence-electron chi connectivity index (χ2n) is 8.53. The Hall–Kier alpha value is -2.58. The van der Waals surface area contributed by atoms with E-state index in [0.717, 1.165) is 23.6 Å². The number of amides is 4. The van der Waals surface area contributed by atoms with E-state index in [1.807, 2.05) is 6.07 Å². The summed E-state index contributed by atoms with van der Waals surface area (Å²) < 4.78 is 0. The second-order valence-corrected chi connectivity index (χ2v) is 8.53. The van der Waals surface area contributed by atoms with Crippen molar-refractivity contribution in [3.05, 3.63) is 34.9 Å². The minimum atomic E-state index is -0.925. The van der Waals surface area contributed by atoms with E-state index >= 15 is 0 Å². The Bertz CT molecular complexity index is 923. The number of hydrogen-bond acceptors (Lipinski definition) is 6. The van der Waals surface area contributed by atoms with Crippen LogP contribution in [-0.4, -0.2) is 53.2 Å². The summed E-state index contributed by atoms with van der Waals surface area (Å²) in [6.07, 6.45) is 3.99. The highest BCUT2D eigenvalue weighted by Crippen LogP contribution is 2.46. The van der Waals surface area contributed by atoms with E-state index in [1.165, 1.54) is 19.3 Å². The molecule has 8 heteroatoms. The number of fused-ring (bicyclic) bond motifs is 1. The predicted octanol–water partition coefficient (Wildman–Crippen LogP) is 0.320. The quantitative estimate of drug-likeness (QED) is 0.619. The van der Waals surface area contributed by atoms with Crippen molar-refractivity contribution in [3.8, 4) is 0 Å². The highest BCUT2D eigenvalue weighted by Gasteiger charge is 2.51. The number of imide groups is 2. The molecular weight excluding hydrogens is 372 g/mol. The normalized spacial score (nSPS) is 27.5. The lowest BCUT2D eigenvalue weighted by Gasteiger charge is -2.27. The Morgan fingerprint density at radius 3 is 2.62 bits per heavy atom. The molecule has 2 saturated heterocycles. The first-order valence-corrected chi connectivity index (χ1v) is 10.3. The van der Waals surface area contributed by atoms with Gasteiger partial charge in [-0.25, -0.2) is 0 Å². The van der Waals surface area contributed by atoms with E-state index in [-0.39, 0.29) is 18.7 Å². The smallest absolute Gasteiger partial charge is 0.262 e. The van der Waals surface area contributed by atoms with Crippen LogP contribution < -0.4 is 16.0 Å². The van der Waals surface area contributed by atoms with E-state index in [9.17, 15) is 19.2 Å². The van der Waals surface area contributed by atoms with Gasteiger partial charge in [-0.2, -0.15) is 0 Å². The number of nitrogens with zero attached hydrogens (tertiary/aromatic N) is 1. The molecule has 1 spiro atoms. The number of benzene rings is 1. The predicted molar refractivity (Wildman–Crippen MR) is 103 cm³/mol. The summed E-state index contributed by atoms with van der Waals surface area (Å²) in [4.78, 5) is 50.1. The second kappa shape index (κ2) is 6.74. The number of carbonyl (C=O) groups is 4. The molecule has 5 rings (SSSR count). The zero-order valence-electron chi connectivity index (χ0n) is 16.1. The van der Waals surface area contributed by atoms with E-state index in [1.54, 1.807) is 12.1 Å². The topological polar surface area (TPSA) is 108 Å². The zero-order chi connectivity index (χ0) is 20.2. The molecular formula is C21H24N4O4. The highest BCUT2D eigenvalue weighted by molar-refractivity contribution is 6.23. The standard InChI is InChI=1S/C21H24N4O4/c26-17-4-3-16(18(27)24-17)25-19(28)14-2-1-12(9-15(14)20(25)29)10-22-11-13-5-8-23-21(13)6-7-21/h1-2,9,13,16,22-23H,3-8,10-11H2,(H,24,26,27). The molecule has 1 aromatic rings. The van der Waals surface area contributed by atoms with Gasteiger partial charge in [-0.15, -0.1) is 0 Å². The fraction of sp³-hybridized carbons (Fsp3) is 0.524. The van der Waals surface area contributed by atoms with Crippen molar-refractivity contribution in [3.63, 3.8) is 0 Å². The van der Waals surface area contributed by atoms with Crippen molar-refractivity contribution in [1.82, 2.24) is 20.9 Å². The van der Waals surface area contributed by atoms with Crippen LogP contribution in [0.1, 0.15) is 58.4 Å². The molecule has 8 nitrogen and oxygen atoms in total. The van der Waals surface area contributed by atoms with Crippen molar-refractivity contribution < 1.29 is 19.2 Å². The Kier molecular flexibility index (Phi) is 4.29. The van der Waals surface area contributed by atoms with Crippen LogP contribution in [0, 0.1) is 5.92 Å². The lowest BCUT2D eigenvalue weighted by Crippen LogP contribution is -2.54. The van der Waals surface area contributed by atoms with Crippen LogP contribution in [0.2, 0.25) is 0 Å². The molecule has 1 aliphatic carbocycles. The Labute approximate surface area is 168 Å². The summed E-state index contributed by atoms with van der Waals surface area (Å²) in [6.45, 7) is 2.64. The van der Waals surface area contributed by atoms with Crippen molar-refractivity contribution in [2.75, 3.05) is 13.1 Å². The first kappa shape index (κ1) is 18.4. The summed E-state index contributed by atoms with van der Waals surface area (Å²) in [5.74, 6) is -1.24. The van der Waals surface area contributed by atoms with Crippen LogP contribution in [0.3, 0.4) is 0 Å². The van der Waals surface area contributed by atoms with Gasteiger partial charge in [-0.05, 0) is 55.8 Å². The van der Waals surface area contributed by atoms with Crippen LogP contribution in [0.5, 0.6) is 0 Å². The van der Waals surface area contributed by atoms with Crippen LogP contribution in [0.4, 0.5) is 0 Å². The Morgan fingerprint density at radius 1 is 1.07 bits per heavy atom. The van der Waals surface area contributed by atoms with Gasteiger partial charge in [0, 0.05) is 25.0 Å². The van der Waals surface area contributed by atoms with E-state index in [2.05, 4.69) is 16.0 Å². The molecule has 152 valence electrons. The summed E-state index contributed by atoms with van der Waals surface area (Å²) in [5.41, 5.74) is 1.95. The van der Waals surface area contributed by atoms with Gasteiger partial charge < -0.3 is 10.6 Å². The van der Waals surface area contributed by atoms with E-state index < -0.39 is 23.8 Å². The van der Waals surface area contributed by atoms with Gasteiger partial charge in [-0.3, -0.25) is 29.4 Å². The molecule has 4 amide bonds. The van der Waals surface area contributed by atoms with Crippen molar-refractivity contribution >= 4 is 23.6 Å². The highest BCUT2D eigenvalue weighted by atomic mass is 16.2. The van der Waals surface area contributed by atoms with Gasteiger partial charge in [0.1, 0.15) is 6.04 Å². The molecule has 3 fully saturated rings. The SMILES string of the molecule is O=C1CCC(N2C(=O)c3ccc(CNCC4CCNC45CC5)cc3C2=O)C(=O)N1. The Balaban J connectivity index is 1.27. The largest absolute Gasteiger partial charge is 0.312 e. The Morgan fingerprint density at radius 2 is 1.86 bits per heavy atom. The van der Waals surface area contributed by atoms with Gasteiger partial charge in [0.2, 0.25) is 11.8 Å². The number of hydrogen-bond donors (Lipinski definition) is 3. The van der Waals surface area contributed by atoms with Gasteiger partial charge in [0.15, 0.2) is 0 Å². The molecule has 3 heterocycles. The first-order valence-electron chi connectivity index (χ1n) is 10.3. The van der Waals surface area contributed by atoms with Crippen LogP contribution in [-0.2, 0) is 16.1 Å². The minimum absolute atomic E-state index is 0.122. The van der Waals surface area contributed by atoms with Crippen LogP contribution >= 0.6 is 0 Å². The minimum Gasteiger partial charge on any atom is -0.312 e. The molecule has 29 heavy (non-hydrogen) atoms. The molecule has 3 aliphatic heterocycles. The first-order chi connectivity index (χ1) is 14.0. The molecule has 0 bridgehead atoms. The van der Waals surface area contributed by atoms with Crippen LogP contribution in [0.15, 0.2) is 18.2 Å². The molecule has 0 radical (unpaired) electrons. The third-order valence-corrected chi connectivity index (χ3v) is 6.76. The molecule has 2 atom stereocenters. The third kappa shape index (κ3) is 3.07. The number of piperidine rings is 1. The molecule has 1 aromatic carbocycles. The maximum atomic E-state index is 12.9. The van der Waals surface area contributed by atoms with Gasteiger partial charge in [-0.1, -0.05) is 6.07 Å². The summed E-state index contributed by atoms with van der Waals surface area (Å²) in [7, 11) is 0. The fourth-order valence-electron chi connectivity index (χ4n) is 4.95. The lowest BCUT2D eigenvalue weighted by molar-refractivity contribution is -0.136. The number of carbonyl (C=O) groups excluding carboxylic acids is 4. The molecule has 1 saturated carbocycles. The maximum Gasteiger partial charge on any atom is 0.262 e. The zero-order valence-corrected chi connectivity index (χ0v) is 16.1. The summed E-state index contributed by atoms with van der Waals surface area (Å²) in [5, 5.41) is 9.32. The lowest BCUT2D eigenvalue weighted by atomic mass is 9.98. The third-order valence-electron chi connectivity index (χ3n) is 6.76. The summed E-state index contributed by atoms with van der Waals surface area (Å²) >= 11 is 0. The van der Waals surface area contributed by atoms with Gasteiger partial charge >= 0.3 is 0 Å². The number of nitrogens with one attached hydrogen (secondary N) is 3. The molecule has 4 aliphatic rings. The number of rotatable bonds is 5. The van der Waals surface area contributed by atoms with Crippen molar-refractivity contribution in [2.24, 2.45) is 5.92 Å². The van der Waals surface area contributed by atoms with Crippen molar-refractivity contribution in [1.29, 1.82) is 0 Å². The molecule has 0 aromatic heterocycles. The monoisotopic (exact) mass is 396 g/mol. The molecule has 2 unspecified atom stereocenters. The molecule has 3 N–H and O–H groups in total.